The standard InChI is InChI=1S/C30H41N5O4/c1-22(2)17-26-18-24(32-35(26)25-9-7-6-8-10-25)19-31-20-28(36)34-15-13-33(14-16-34)21-23-11-12-27(37-3)30(39-5)29(23)38-4/h6-12,18,22,31H,13-17,19-21H2,1-5H3. The summed E-state index contributed by atoms with van der Waals surface area (Å²) in [6.07, 6.45) is 0.945. The lowest BCUT2D eigenvalue weighted by atomic mass is 10.1. The number of hydrogen-bond acceptors (Lipinski definition) is 7. The first-order valence-corrected chi connectivity index (χ1v) is 13.5. The molecule has 0 aliphatic carbocycles. The summed E-state index contributed by atoms with van der Waals surface area (Å²) < 4.78 is 18.6. The maximum atomic E-state index is 12.9. The Bertz CT molecular complexity index is 1220. The molecule has 0 radical (unpaired) electrons. The number of carbonyl (C=O) groups excluding carboxylic acids is 1. The molecule has 1 aliphatic heterocycles. The molecule has 1 N–H and O–H groups in total. The Morgan fingerprint density at radius 1 is 0.949 bits per heavy atom. The van der Waals surface area contributed by atoms with Crippen molar-refractivity contribution in [3.63, 3.8) is 0 Å². The first-order valence-electron chi connectivity index (χ1n) is 13.5. The van der Waals surface area contributed by atoms with Crippen LogP contribution in [0, 0.1) is 5.92 Å². The molecule has 9 nitrogen and oxygen atoms in total. The summed E-state index contributed by atoms with van der Waals surface area (Å²) in [5.74, 6) is 2.57. The number of rotatable bonds is 12. The van der Waals surface area contributed by atoms with Gasteiger partial charge in [-0.2, -0.15) is 5.10 Å². The van der Waals surface area contributed by atoms with Gasteiger partial charge in [0.25, 0.3) is 0 Å². The second-order valence-corrected chi connectivity index (χ2v) is 10.2. The van der Waals surface area contributed by atoms with Crippen molar-refractivity contribution in [3.8, 4) is 22.9 Å². The second kappa shape index (κ2) is 13.5. The Kier molecular flexibility index (Phi) is 9.84. The Morgan fingerprint density at radius 3 is 2.31 bits per heavy atom. The van der Waals surface area contributed by atoms with E-state index in [4.69, 9.17) is 19.3 Å². The third-order valence-electron chi connectivity index (χ3n) is 6.94. The van der Waals surface area contributed by atoms with Crippen molar-refractivity contribution >= 4 is 5.91 Å². The van der Waals surface area contributed by atoms with Crippen molar-refractivity contribution in [1.29, 1.82) is 0 Å². The predicted molar refractivity (Wildman–Crippen MR) is 152 cm³/mol. The molecule has 2 heterocycles. The molecule has 9 heteroatoms. The molecule has 3 aromatic rings. The van der Waals surface area contributed by atoms with Gasteiger partial charge in [-0.15, -0.1) is 0 Å². The number of aromatic nitrogens is 2. The lowest BCUT2D eigenvalue weighted by Gasteiger charge is -2.35. The van der Waals surface area contributed by atoms with Gasteiger partial charge in [0, 0.05) is 50.5 Å². The van der Waals surface area contributed by atoms with E-state index in [2.05, 4.69) is 42.3 Å². The van der Waals surface area contributed by atoms with Crippen molar-refractivity contribution < 1.29 is 19.0 Å². The lowest BCUT2D eigenvalue weighted by Crippen LogP contribution is -2.50. The minimum atomic E-state index is 0.114. The van der Waals surface area contributed by atoms with Crippen molar-refractivity contribution in [2.24, 2.45) is 5.92 Å². The van der Waals surface area contributed by atoms with Crippen molar-refractivity contribution in [1.82, 2.24) is 24.9 Å². The Labute approximate surface area is 231 Å². The zero-order valence-corrected chi connectivity index (χ0v) is 23.8. The third kappa shape index (κ3) is 7.10. The number of piperazine rings is 1. The summed E-state index contributed by atoms with van der Waals surface area (Å²) in [5.41, 5.74) is 4.21. The van der Waals surface area contributed by atoms with Gasteiger partial charge in [-0.25, -0.2) is 4.68 Å². The van der Waals surface area contributed by atoms with E-state index in [0.29, 0.717) is 55.9 Å². The van der Waals surface area contributed by atoms with E-state index in [1.54, 1.807) is 21.3 Å². The van der Waals surface area contributed by atoms with Crippen molar-refractivity contribution in [2.45, 2.75) is 33.4 Å². The SMILES string of the molecule is COc1ccc(CN2CCN(C(=O)CNCc3cc(CC(C)C)n(-c4ccccc4)n3)CC2)c(OC)c1OC. The number of amides is 1. The van der Waals surface area contributed by atoms with Crippen LogP contribution >= 0.6 is 0 Å². The van der Waals surface area contributed by atoms with Gasteiger partial charge in [-0.1, -0.05) is 38.1 Å². The van der Waals surface area contributed by atoms with E-state index < -0.39 is 0 Å². The molecule has 1 fully saturated rings. The molecule has 1 amide bonds. The molecular formula is C30H41N5O4. The number of nitrogens with one attached hydrogen (secondary N) is 1. The maximum Gasteiger partial charge on any atom is 0.236 e. The highest BCUT2D eigenvalue weighted by Gasteiger charge is 2.23. The van der Waals surface area contributed by atoms with Crippen LogP contribution in [0.5, 0.6) is 17.2 Å². The lowest BCUT2D eigenvalue weighted by molar-refractivity contribution is -0.132. The molecule has 0 saturated carbocycles. The van der Waals surface area contributed by atoms with E-state index in [9.17, 15) is 4.79 Å². The molecule has 1 saturated heterocycles. The highest BCUT2D eigenvalue weighted by Crippen LogP contribution is 2.40. The van der Waals surface area contributed by atoms with Crippen LogP contribution < -0.4 is 19.5 Å². The van der Waals surface area contributed by atoms with Gasteiger partial charge in [0.2, 0.25) is 11.7 Å². The van der Waals surface area contributed by atoms with Crippen molar-refractivity contribution in [3.05, 3.63) is 65.5 Å². The fourth-order valence-electron chi connectivity index (χ4n) is 5.01. The number of methoxy groups -OCH3 is 3. The molecule has 0 spiro atoms. The van der Waals surface area contributed by atoms with Crippen molar-refractivity contribution in [2.75, 3.05) is 54.1 Å². The fraction of sp³-hybridized carbons (Fsp3) is 0.467. The summed E-state index contributed by atoms with van der Waals surface area (Å²) in [6.45, 7) is 8.96. The van der Waals surface area contributed by atoms with E-state index >= 15 is 0 Å². The first kappa shape index (κ1) is 28.4. The number of nitrogens with zero attached hydrogens (tertiary/aromatic N) is 4. The van der Waals surface area contributed by atoms with E-state index in [1.165, 1.54) is 5.69 Å². The number of carbonyl (C=O) groups is 1. The number of ether oxygens (including phenoxy) is 3. The maximum absolute atomic E-state index is 12.9. The smallest absolute Gasteiger partial charge is 0.236 e. The normalized spacial score (nSPS) is 14.1. The van der Waals surface area contributed by atoms with Crippen LogP contribution in [0.1, 0.15) is 30.8 Å². The van der Waals surface area contributed by atoms with Crippen LogP contribution in [0.3, 0.4) is 0 Å². The van der Waals surface area contributed by atoms with Crippen LogP contribution in [-0.4, -0.2) is 79.5 Å². The Hall–Kier alpha value is -3.56. The van der Waals surface area contributed by atoms with Crippen LogP contribution in [0.2, 0.25) is 0 Å². The molecule has 2 aromatic carbocycles. The van der Waals surface area contributed by atoms with Crippen LogP contribution in [0.25, 0.3) is 5.69 Å². The van der Waals surface area contributed by atoms with E-state index in [0.717, 1.165) is 36.5 Å². The van der Waals surface area contributed by atoms with Gasteiger partial charge in [0.1, 0.15) is 0 Å². The molecule has 1 aliphatic rings. The quantitative estimate of drug-likeness (QED) is 0.380. The van der Waals surface area contributed by atoms with E-state index in [1.807, 2.05) is 39.9 Å². The summed E-state index contributed by atoms with van der Waals surface area (Å²) >= 11 is 0. The second-order valence-electron chi connectivity index (χ2n) is 10.2. The summed E-state index contributed by atoms with van der Waals surface area (Å²) in [7, 11) is 4.87. The highest BCUT2D eigenvalue weighted by molar-refractivity contribution is 5.78. The molecule has 210 valence electrons. The van der Waals surface area contributed by atoms with Gasteiger partial charge >= 0.3 is 0 Å². The molecule has 0 bridgehead atoms. The minimum absolute atomic E-state index is 0.114. The highest BCUT2D eigenvalue weighted by atomic mass is 16.5. The average Bonchev–Trinajstić information content (AvgIpc) is 3.35. The average molecular weight is 536 g/mol. The zero-order chi connectivity index (χ0) is 27.8. The van der Waals surface area contributed by atoms with Gasteiger partial charge in [-0.05, 0) is 36.6 Å². The van der Waals surface area contributed by atoms with Gasteiger partial charge in [0.15, 0.2) is 11.5 Å². The summed E-state index contributed by atoms with van der Waals surface area (Å²) in [5, 5.41) is 8.14. The Morgan fingerprint density at radius 2 is 1.67 bits per heavy atom. The van der Waals surface area contributed by atoms with E-state index in [-0.39, 0.29) is 5.91 Å². The number of para-hydroxylation sites is 1. The molecule has 4 rings (SSSR count). The third-order valence-corrected chi connectivity index (χ3v) is 6.94. The Balaban J connectivity index is 1.28. The number of benzene rings is 2. The minimum Gasteiger partial charge on any atom is -0.493 e. The van der Waals surface area contributed by atoms with Crippen LogP contribution in [0.4, 0.5) is 0 Å². The summed E-state index contributed by atoms with van der Waals surface area (Å²) in [6, 6.07) is 16.2. The number of hydrogen-bond donors (Lipinski definition) is 1. The summed E-state index contributed by atoms with van der Waals surface area (Å²) in [4.78, 5) is 17.2. The predicted octanol–water partition coefficient (Wildman–Crippen LogP) is 3.53. The van der Waals surface area contributed by atoms with Gasteiger partial charge in [-0.3, -0.25) is 9.69 Å². The molecule has 39 heavy (non-hydrogen) atoms. The van der Waals surface area contributed by atoms with Crippen LogP contribution in [-0.2, 0) is 24.3 Å². The first-order chi connectivity index (χ1) is 18.9. The monoisotopic (exact) mass is 535 g/mol. The largest absolute Gasteiger partial charge is 0.493 e. The van der Waals surface area contributed by atoms with Gasteiger partial charge in [0.05, 0.1) is 39.3 Å². The molecule has 0 atom stereocenters. The fourth-order valence-corrected chi connectivity index (χ4v) is 5.01. The molecule has 1 aromatic heterocycles. The van der Waals surface area contributed by atoms with Crippen LogP contribution in [0.15, 0.2) is 48.5 Å². The molecular weight excluding hydrogens is 494 g/mol. The molecule has 0 unspecified atom stereocenters. The van der Waals surface area contributed by atoms with Gasteiger partial charge < -0.3 is 24.4 Å². The zero-order valence-electron chi connectivity index (χ0n) is 23.8. The topological polar surface area (TPSA) is 81.1 Å².